The summed E-state index contributed by atoms with van der Waals surface area (Å²) in [5.41, 5.74) is 0.741. The van der Waals surface area contributed by atoms with Crippen molar-refractivity contribution >= 4 is 28.3 Å². The van der Waals surface area contributed by atoms with E-state index in [-0.39, 0.29) is 10.0 Å². The van der Waals surface area contributed by atoms with E-state index in [1.807, 2.05) is 6.07 Å². The predicted octanol–water partition coefficient (Wildman–Crippen LogP) is 3.65. The molecule has 1 aliphatic rings. The number of nitrogens with zero attached hydrogens (tertiary/aromatic N) is 2. The van der Waals surface area contributed by atoms with Crippen LogP contribution in [-0.2, 0) is 9.59 Å². The van der Waals surface area contributed by atoms with E-state index in [1.54, 1.807) is 6.07 Å². The van der Waals surface area contributed by atoms with Crippen LogP contribution in [0.3, 0.4) is 0 Å². The summed E-state index contributed by atoms with van der Waals surface area (Å²) in [6.45, 7) is 0. The molecule has 2 N–H and O–H groups in total. The molecule has 1 saturated carbocycles. The van der Waals surface area contributed by atoms with Crippen LogP contribution in [0.15, 0.2) is 24.3 Å². The standard InChI is InChI=1S/C18H16FN3O3S/c19-11-5-3-4-10(8-11)15-14(9-20)26-18(21-15)22-16(23)12-6-1-2-7-13(12)17(24)25/h3-5,8,12-13H,1-2,6-7H2,(H,24,25)(H,21,22,23)/t12-,13-/m1/s1. The zero-order valence-electron chi connectivity index (χ0n) is 13.7. The number of benzene rings is 1. The third kappa shape index (κ3) is 3.73. The van der Waals surface area contributed by atoms with Crippen molar-refractivity contribution in [2.75, 3.05) is 5.32 Å². The van der Waals surface area contributed by atoms with Gasteiger partial charge in [-0.05, 0) is 25.0 Å². The van der Waals surface area contributed by atoms with Crippen LogP contribution in [0.1, 0.15) is 30.6 Å². The molecule has 8 heteroatoms. The van der Waals surface area contributed by atoms with Gasteiger partial charge >= 0.3 is 5.97 Å². The minimum atomic E-state index is -0.970. The minimum Gasteiger partial charge on any atom is -0.481 e. The number of carboxylic acid groups (broad SMARTS) is 1. The number of rotatable bonds is 4. The third-order valence-corrected chi connectivity index (χ3v) is 5.35. The molecule has 0 radical (unpaired) electrons. The lowest BCUT2D eigenvalue weighted by Crippen LogP contribution is -2.36. The highest BCUT2D eigenvalue weighted by Gasteiger charge is 2.36. The summed E-state index contributed by atoms with van der Waals surface area (Å²) in [4.78, 5) is 28.4. The first kappa shape index (κ1) is 18.0. The van der Waals surface area contributed by atoms with Crippen molar-refractivity contribution < 1.29 is 19.1 Å². The van der Waals surface area contributed by atoms with Crippen molar-refractivity contribution in [3.8, 4) is 17.3 Å². The Kier molecular flexibility index (Phi) is 5.28. The van der Waals surface area contributed by atoms with Gasteiger partial charge in [0.15, 0.2) is 5.13 Å². The highest BCUT2D eigenvalue weighted by Crippen LogP contribution is 2.34. The maximum Gasteiger partial charge on any atom is 0.307 e. The molecule has 1 aliphatic carbocycles. The van der Waals surface area contributed by atoms with Gasteiger partial charge in [0, 0.05) is 5.56 Å². The summed E-state index contributed by atoms with van der Waals surface area (Å²) < 4.78 is 13.4. The van der Waals surface area contributed by atoms with E-state index in [9.17, 15) is 24.3 Å². The van der Waals surface area contributed by atoms with Crippen LogP contribution in [0.25, 0.3) is 11.3 Å². The van der Waals surface area contributed by atoms with Crippen LogP contribution in [0.2, 0.25) is 0 Å². The largest absolute Gasteiger partial charge is 0.481 e. The van der Waals surface area contributed by atoms with Gasteiger partial charge in [0.25, 0.3) is 0 Å². The van der Waals surface area contributed by atoms with Crippen molar-refractivity contribution in [2.45, 2.75) is 25.7 Å². The van der Waals surface area contributed by atoms with Crippen molar-refractivity contribution in [3.63, 3.8) is 0 Å². The van der Waals surface area contributed by atoms with Gasteiger partial charge in [0.05, 0.1) is 11.8 Å². The molecule has 2 aromatic rings. The Morgan fingerprint density at radius 1 is 1.31 bits per heavy atom. The van der Waals surface area contributed by atoms with E-state index in [1.165, 1.54) is 18.2 Å². The number of nitriles is 1. The molecular formula is C18H16FN3O3S. The second-order valence-electron chi connectivity index (χ2n) is 6.14. The van der Waals surface area contributed by atoms with Gasteiger partial charge in [0.2, 0.25) is 5.91 Å². The second kappa shape index (κ2) is 7.62. The van der Waals surface area contributed by atoms with Crippen molar-refractivity contribution in [1.82, 2.24) is 4.98 Å². The summed E-state index contributed by atoms with van der Waals surface area (Å²) in [6, 6.07) is 7.71. The molecule has 1 aromatic heterocycles. The van der Waals surface area contributed by atoms with Crippen LogP contribution in [-0.4, -0.2) is 22.0 Å². The Bertz CT molecular complexity index is 890. The number of halogens is 1. The highest BCUT2D eigenvalue weighted by atomic mass is 32.1. The van der Waals surface area contributed by atoms with E-state index in [0.29, 0.717) is 24.1 Å². The van der Waals surface area contributed by atoms with Gasteiger partial charge < -0.3 is 10.4 Å². The average molecular weight is 373 g/mol. The first-order valence-electron chi connectivity index (χ1n) is 8.20. The number of amides is 1. The molecule has 0 bridgehead atoms. The molecule has 6 nitrogen and oxygen atoms in total. The molecule has 26 heavy (non-hydrogen) atoms. The Hall–Kier alpha value is -2.79. The first-order chi connectivity index (χ1) is 12.5. The number of hydrogen-bond donors (Lipinski definition) is 2. The lowest BCUT2D eigenvalue weighted by molar-refractivity contribution is -0.147. The van der Waals surface area contributed by atoms with Gasteiger partial charge in [-0.25, -0.2) is 9.37 Å². The van der Waals surface area contributed by atoms with E-state index in [4.69, 9.17) is 0 Å². The molecule has 1 amide bonds. The summed E-state index contributed by atoms with van der Waals surface area (Å²) in [5, 5.41) is 21.5. The Balaban J connectivity index is 1.83. The van der Waals surface area contributed by atoms with Gasteiger partial charge in [-0.15, -0.1) is 0 Å². The van der Waals surface area contributed by atoms with E-state index in [2.05, 4.69) is 10.3 Å². The zero-order valence-corrected chi connectivity index (χ0v) is 14.6. The predicted molar refractivity (Wildman–Crippen MR) is 93.9 cm³/mol. The Labute approximate surface area is 153 Å². The molecule has 0 spiro atoms. The topological polar surface area (TPSA) is 103 Å². The number of aromatic nitrogens is 1. The molecule has 1 fully saturated rings. The van der Waals surface area contributed by atoms with Gasteiger partial charge in [-0.2, -0.15) is 5.26 Å². The summed E-state index contributed by atoms with van der Waals surface area (Å²) in [5.74, 6) is -3.14. The van der Waals surface area contributed by atoms with Crippen molar-refractivity contribution in [2.24, 2.45) is 11.8 Å². The van der Waals surface area contributed by atoms with E-state index in [0.717, 1.165) is 24.2 Å². The second-order valence-corrected chi connectivity index (χ2v) is 7.14. The van der Waals surface area contributed by atoms with E-state index >= 15 is 0 Å². The van der Waals surface area contributed by atoms with Crippen molar-refractivity contribution in [3.05, 3.63) is 35.0 Å². The smallest absolute Gasteiger partial charge is 0.307 e. The average Bonchev–Trinajstić information content (AvgIpc) is 3.04. The quantitative estimate of drug-likeness (QED) is 0.851. The molecule has 2 atom stereocenters. The fourth-order valence-corrected chi connectivity index (χ4v) is 4.01. The molecule has 0 unspecified atom stereocenters. The van der Waals surface area contributed by atoms with Crippen LogP contribution >= 0.6 is 11.3 Å². The number of carbonyl (C=O) groups excluding carboxylic acids is 1. The van der Waals surface area contributed by atoms with Crippen LogP contribution < -0.4 is 5.32 Å². The number of anilines is 1. The number of nitrogens with one attached hydrogen (secondary N) is 1. The Morgan fingerprint density at radius 2 is 2.04 bits per heavy atom. The van der Waals surface area contributed by atoms with Crippen LogP contribution in [0, 0.1) is 29.0 Å². The normalized spacial score (nSPS) is 19.5. The molecule has 134 valence electrons. The summed E-state index contributed by atoms with van der Waals surface area (Å²) in [6.07, 6.45) is 2.58. The zero-order chi connectivity index (χ0) is 18.7. The highest BCUT2D eigenvalue weighted by molar-refractivity contribution is 7.16. The maximum atomic E-state index is 13.4. The van der Waals surface area contributed by atoms with Crippen LogP contribution in [0.5, 0.6) is 0 Å². The molecule has 1 heterocycles. The SMILES string of the molecule is N#Cc1sc(NC(=O)[C@@H]2CCCC[C@H]2C(=O)O)nc1-c1cccc(F)c1. The van der Waals surface area contributed by atoms with Gasteiger partial charge in [-0.3, -0.25) is 9.59 Å². The van der Waals surface area contributed by atoms with Gasteiger partial charge in [-0.1, -0.05) is 36.3 Å². The lowest BCUT2D eigenvalue weighted by atomic mass is 9.79. The Morgan fingerprint density at radius 3 is 2.69 bits per heavy atom. The molecular weight excluding hydrogens is 357 g/mol. The summed E-state index contributed by atoms with van der Waals surface area (Å²) in [7, 11) is 0. The fraction of sp³-hybridized carbons (Fsp3) is 0.333. The van der Waals surface area contributed by atoms with Crippen molar-refractivity contribution in [1.29, 1.82) is 5.26 Å². The number of carbonyl (C=O) groups is 2. The number of carboxylic acids is 1. The summed E-state index contributed by atoms with van der Waals surface area (Å²) >= 11 is 0.988. The monoisotopic (exact) mass is 373 g/mol. The molecule has 3 rings (SSSR count). The maximum absolute atomic E-state index is 13.4. The fourth-order valence-electron chi connectivity index (χ4n) is 3.22. The molecule has 1 aromatic carbocycles. The number of hydrogen-bond acceptors (Lipinski definition) is 5. The van der Waals surface area contributed by atoms with Crippen LogP contribution in [0.4, 0.5) is 9.52 Å². The lowest BCUT2D eigenvalue weighted by Gasteiger charge is -2.26. The third-order valence-electron chi connectivity index (χ3n) is 4.48. The minimum absolute atomic E-state index is 0.209. The molecule has 0 aliphatic heterocycles. The van der Waals surface area contributed by atoms with E-state index < -0.39 is 29.5 Å². The number of thiazole rings is 1. The van der Waals surface area contributed by atoms with Gasteiger partial charge in [0.1, 0.15) is 22.5 Å². The molecule has 0 saturated heterocycles. The first-order valence-corrected chi connectivity index (χ1v) is 9.01. The number of aliphatic carboxylic acids is 1.